The molecule has 0 bridgehead atoms. The van der Waals surface area contributed by atoms with E-state index < -0.39 is 0 Å². The van der Waals surface area contributed by atoms with Crippen LogP contribution in [0.4, 0.5) is 4.39 Å². The van der Waals surface area contributed by atoms with Crippen LogP contribution in [0.5, 0.6) is 0 Å². The lowest BCUT2D eigenvalue weighted by atomic mass is 9.89. The van der Waals surface area contributed by atoms with Crippen molar-refractivity contribution in [1.82, 2.24) is 15.2 Å². The van der Waals surface area contributed by atoms with E-state index in [1.165, 1.54) is 6.20 Å². The molecule has 1 saturated heterocycles. The zero-order chi connectivity index (χ0) is 14.8. The molecule has 1 aliphatic rings. The average Bonchev–Trinajstić information content (AvgIpc) is 2.41. The van der Waals surface area contributed by atoms with E-state index in [9.17, 15) is 4.39 Å². The van der Waals surface area contributed by atoms with Gasteiger partial charge in [0.2, 0.25) is 0 Å². The summed E-state index contributed by atoms with van der Waals surface area (Å²) in [5.74, 6) is 0.348. The zero-order valence-corrected chi connectivity index (χ0v) is 13.0. The first-order valence-electron chi connectivity index (χ1n) is 7.52. The van der Waals surface area contributed by atoms with Gasteiger partial charge in [-0.1, -0.05) is 20.8 Å². The van der Waals surface area contributed by atoms with Gasteiger partial charge in [0.1, 0.15) is 5.82 Å². The van der Waals surface area contributed by atoms with Crippen LogP contribution in [0, 0.1) is 11.7 Å². The molecule has 0 amide bonds. The molecule has 0 spiro atoms. The monoisotopic (exact) mass is 279 g/mol. The van der Waals surface area contributed by atoms with Crippen molar-refractivity contribution in [3.8, 4) is 0 Å². The Bertz CT molecular complexity index is 449. The van der Waals surface area contributed by atoms with E-state index in [0.29, 0.717) is 12.0 Å². The highest BCUT2D eigenvalue weighted by Crippen LogP contribution is 2.26. The number of halogens is 1. The van der Waals surface area contributed by atoms with Crippen molar-refractivity contribution in [2.45, 2.75) is 52.2 Å². The summed E-state index contributed by atoms with van der Waals surface area (Å²) in [7, 11) is 0. The SMILES string of the molecule is CCC1(C)CNC(C(C)C)CN1Cc1cncc(F)c1. The maximum absolute atomic E-state index is 13.3. The molecule has 0 aliphatic carbocycles. The van der Waals surface area contributed by atoms with Crippen LogP contribution in [-0.4, -0.2) is 34.6 Å². The van der Waals surface area contributed by atoms with Crippen molar-refractivity contribution in [3.63, 3.8) is 0 Å². The van der Waals surface area contributed by atoms with Gasteiger partial charge in [-0.3, -0.25) is 9.88 Å². The molecular formula is C16H26FN3. The van der Waals surface area contributed by atoms with Gasteiger partial charge >= 0.3 is 0 Å². The maximum atomic E-state index is 13.3. The second kappa shape index (κ2) is 6.19. The Morgan fingerprint density at radius 3 is 2.85 bits per heavy atom. The van der Waals surface area contributed by atoms with Crippen molar-refractivity contribution in [2.24, 2.45) is 5.92 Å². The summed E-state index contributed by atoms with van der Waals surface area (Å²) < 4.78 is 13.3. The molecule has 3 nitrogen and oxygen atoms in total. The first-order chi connectivity index (χ1) is 9.44. The Morgan fingerprint density at radius 2 is 2.25 bits per heavy atom. The van der Waals surface area contributed by atoms with Crippen molar-refractivity contribution in [2.75, 3.05) is 13.1 Å². The molecule has 2 heterocycles. The van der Waals surface area contributed by atoms with Crippen LogP contribution >= 0.6 is 0 Å². The van der Waals surface area contributed by atoms with Crippen LogP contribution in [0.25, 0.3) is 0 Å². The Hall–Kier alpha value is -1.00. The molecule has 0 aromatic carbocycles. The predicted octanol–water partition coefficient (Wildman–Crippen LogP) is 2.82. The first-order valence-corrected chi connectivity index (χ1v) is 7.52. The third kappa shape index (κ3) is 3.36. The highest BCUT2D eigenvalue weighted by Gasteiger charge is 2.37. The average molecular weight is 279 g/mol. The highest BCUT2D eigenvalue weighted by atomic mass is 19.1. The summed E-state index contributed by atoms with van der Waals surface area (Å²) in [6.07, 6.45) is 4.11. The quantitative estimate of drug-likeness (QED) is 0.918. The second-order valence-electron chi connectivity index (χ2n) is 6.47. The molecule has 1 fully saturated rings. The number of nitrogens with zero attached hydrogens (tertiary/aromatic N) is 2. The summed E-state index contributed by atoms with van der Waals surface area (Å²) in [5, 5.41) is 3.66. The summed E-state index contributed by atoms with van der Waals surface area (Å²) in [6.45, 7) is 11.7. The third-order valence-electron chi connectivity index (χ3n) is 4.63. The molecule has 0 saturated carbocycles. The number of rotatable bonds is 4. The van der Waals surface area contributed by atoms with Crippen molar-refractivity contribution in [1.29, 1.82) is 0 Å². The van der Waals surface area contributed by atoms with Crippen molar-refractivity contribution < 1.29 is 4.39 Å². The normalized spacial score (nSPS) is 28.0. The van der Waals surface area contributed by atoms with Gasteiger partial charge in [-0.05, 0) is 30.9 Å². The minimum atomic E-state index is -0.253. The van der Waals surface area contributed by atoms with Crippen molar-refractivity contribution >= 4 is 0 Å². The summed E-state index contributed by atoms with van der Waals surface area (Å²) in [6, 6.07) is 2.09. The Balaban J connectivity index is 2.15. The fraction of sp³-hybridized carbons (Fsp3) is 0.688. The van der Waals surface area contributed by atoms with E-state index in [2.05, 4.69) is 42.9 Å². The third-order valence-corrected chi connectivity index (χ3v) is 4.63. The summed E-state index contributed by atoms with van der Waals surface area (Å²) in [5.41, 5.74) is 1.08. The molecule has 4 heteroatoms. The van der Waals surface area contributed by atoms with Gasteiger partial charge < -0.3 is 5.32 Å². The Morgan fingerprint density at radius 1 is 1.50 bits per heavy atom. The van der Waals surface area contributed by atoms with E-state index in [4.69, 9.17) is 0 Å². The lowest BCUT2D eigenvalue weighted by Gasteiger charge is -2.49. The molecule has 2 unspecified atom stereocenters. The molecule has 1 N–H and O–H groups in total. The molecule has 112 valence electrons. The van der Waals surface area contributed by atoms with E-state index >= 15 is 0 Å². The molecule has 20 heavy (non-hydrogen) atoms. The maximum Gasteiger partial charge on any atom is 0.141 e. The van der Waals surface area contributed by atoms with Crippen LogP contribution in [0.15, 0.2) is 18.5 Å². The Labute approximate surface area is 121 Å². The number of hydrogen-bond donors (Lipinski definition) is 1. The van der Waals surface area contributed by atoms with Gasteiger partial charge in [0.05, 0.1) is 6.20 Å². The van der Waals surface area contributed by atoms with E-state index in [0.717, 1.165) is 31.6 Å². The van der Waals surface area contributed by atoms with Gasteiger partial charge in [0, 0.05) is 37.4 Å². The molecule has 0 radical (unpaired) electrons. The van der Waals surface area contributed by atoms with Crippen LogP contribution in [-0.2, 0) is 6.54 Å². The smallest absolute Gasteiger partial charge is 0.141 e. The molecule has 1 aliphatic heterocycles. The van der Waals surface area contributed by atoms with Gasteiger partial charge in [0.25, 0.3) is 0 Å². The van der Waals surface area contributed by atoms with Crippen LogP contribution in [0.2, 0.25) is 0 Å². The number of pyridine rings is 1. The standard InChI is InChI=1S/C16H26FN3/c1-5-16(4)11-19-15(12(2)3)10-20(16)9-13-6-14(17)8-18-7-13/h6-8,12,15,19H,5,9-11H2,1-4H3. The highest BCUT2D eigenvalue weighted by molar-refractivity contribution is 5.11. The Kier molecular flexibility index (Phi) is 4.76. The topological polar surface area (TPSA) is 28.2 Å². The van der Waals surface area contributed by atoms with E-state index in [-0.39, 0.29) is 11.4 Å². The largest absolute Gasteiger partial charge is 0.311 e. The summed E-state index contributed by atoms with van der Waals surface area (Å²) >= 11 is 0. The fourth-order valence-corrected chi connectivity index (χ4v) is 2.80. The first kappa shape index (κ1) is 15.4. The van der Waals surface area contributed by atoms with Gasteiger partial charge in [-0.15, -0.1) is 0 Å². The molecule has 1 aromatic heterocycles. The van der Waals surface area contributed by atoms with E-state index in [1.807, 2.05) is 0 Å². The second-order valence-corrected chi connectivity index (χ2v) is 6.47. The van der Waals surface area contributed by atoms with E-state index in [1.54, 1.807) is 12.3 Å². The number of aromatic nitrogens is 1. The number of hydrogen-bond acceptors (Lipinski definition) is 3. The van der Waals surface area contributed by atoms with Crippen LogP contribution in [0.3, 0.4) is 0 Å². The van der Waals surface area contributed by atoms with Crippen molar-refractivity contribution in [3.05, 3.63) is 29.8 Å². The minimum Gasteiger partial charge on any atom is -0.311 e. The fourth-order valence-electron chi connectivity index (χ4n) is 2.80. The number of piperazine rings is 1. The summed E-state index contributed by atoms with van der Waals surface area (Å²) in [4.78, 5) is 6.44. The van der Waals surface area contributed by atoms with Crippen LogP contribution < -0.4 is 5.32 Å². The lowest BCUT2D eigenvalue weighted by Crippen LogP contribution is -2.63. The minimum absolute atomic E-state index is 0.123. The van der Waals surface area contributed by atoms with Gasteiger partial charge in [0.15, 0.2) is 0 Å². The predicted molar refractivity (Wildman–Crippen MR) is 79.9 cm³/mol. The van der Waals surface area contributed by atoms with Crippen LogP contribution in [0.1, 0.15) is 39.7 Å². The molecule has 2 atom stereocenters. The lowest BCUT2D eigenvalue weighted by molar-refractivity contribution is 0.0315. The number of nitrogens with one attached hydrogen (secondary N) is 1. The van der Waals surface area contributed by atoms with Gasteiger partial charge in [-0.25, -0.2) is 4.39 Å². The van der Waals surface area contributed by atoms with Gasteiger partial charge in [-0.2, -0.15) is 0 Å². The molecule has 1 aromatic rings. The molecule has 2 rings (SSSR count). The zero-order valence-electron chi connectivity index (χ0n) is 13.0. The molecular weight excluding hydrogens is 253 g/mol.